The summed E-state index contributed by atoms with van der Waals surface area (Å²) in [6.45, 7) is 1.46. The first-order valence-electron chi connectivity index (χ1n) is 4.41. The number of benzene rings is 1. The fourth-order valence-electron chi connectivity index (χ4n) is 1.50. The Bertz CT molecular complexity index is 352. The molecule has 72 valence electrons. The van der Waals surface area contributed by atoms with Crippen molar-refractivity contribution in [2.24, 2.45) is 0 Å². The Labute approximate surface area is 87.9 Å². The average Bonchev–Trinajstić information content (AvgIpc) is 2.61. The predicted molar refractivity (Wildman–Crippen MR) is 59.2 cm³/mol. The molecule has 1 aliphatic heterocycles. The van der Waals surface area contributed by atoms with Crippen molar-refractivity contribution in [2.45, 2.75) is 0 Å². The Morgan fingerprint density at radius 1 is 1.21 bits per heavy atom. The molecule has 0 aliphatic carbocycles. The Morgan fingerprint density at radius 2 is 1.93 bits per heavy atom. The first-order valence-corrected chi connectivity index (χ1v) is 4.82. The molecule has 1 fully saturated rings. The molecule has 1 heterocycles. The summed E-state index contributed by atoms with van der Waals surface area (Å²) < 4.78 is 0. The minimum absolute atomic E-state index is 0.589. The molecule has 1 aromatic rings. The lowest BCUT2D eigenvalue weighted by Gasteiger charge is -2.17. The number of para-hydroxylation sites is 1. The Kier molecular flexibility index (Phi) is 2.45. The maximum Gasteiger partial charge on any atom is 0.215 e. The van der Waals surface area contributed by atoms with E-state index in [-0.39, 0.29) is 0 Å². The number of anilines is 1. The van der Waals surface area contributed by atoms with Crippen LogP contribution in [-0.4, -0.2) is 29.5 Å². The monoisotopic (exact) mass is 206 g/mol. The van der Waals surface area contributed by atoms with Gasteiger partial charge in [-0.05, 0) is 24.4 Å². The van der Waals surface area contributed by atoms with Gasteiger partial charge in [0.25, 0.3) is 0 Å². The van der Waals surface area contributed by atoms with Gasteiger partial charge in [0.05, 0.1) is 0 Å². The molecule has 1 saturated heterocycles. The molecule has 0 aromatic heterocycles. The van der Waals surface area contributed by atoms with E-state index in [1.807, 2.05) is 35.2 Å². The highest BCUT2D eigenvalue weighted by atomic mass is 32.1. The highest BCUT2D eigenvalue weighted by molar-refractivity contribution is 7.80. The zero-order valence-corrected chi connectivity index (χ0v) is 8.41. The first-order chi connectivity index (χ1) is 6.83. The molecule has 0 atom stereocenters. The molecule has 2 rings (SSSR count). The van der Waals surface area contributed by atoms with Crippen LogP contribution in [-0.2, 0) is 4.79 Å². The number of amides is 1. The van der Waals surface area contributed by atoms with Gasteiger partial charge >= 0.3 is 0 Å². The minimum Gasteiger partial charge on any atom is -0.317 e. The lowest BCUT2D eigenvalue weighted by molar-refractivity contribution is -0.114. The minimum atomic E-state index is 0.589. The van der Waals surface area contributed by atoms with Crippen LogP contribution in [0.5, 0.6) is 0 Å². The maximum atomic E-state index is 10.6. The van der Waals surface area contributed by atoms with E-state index in [1.54, 1.807) is 4.90 Å². The van der Waals surface area contributed by atoms with Crippen molar-refractivity contribution in [2.75, 3.05) is 18.0 Å². The second kappa shape index (κ2) is 3.75. The van der Waals surface area contributed by atoms with Crippen molar-refractivity contribution < 1.29 is 4.79 Å². The van der Waals surface area contributed by atoms with Gasteiger partial charge in [-0.3, -0.25) is 9.69 Å². The van der Waals surface area contributed by atoms with Crippen LogP contribution >= 0.6 is 12.2 Å². The standard InChI is InChI=1S/C10H10N2OS/c13-8-11-6-7-12(10(11)14)9-4-2-1-3-5-9/h1-5,8H,6-7H2. The molecule has 1 amide bonds. The molecule has 0 N–H and O–H groups in total. The largest absolute Gasteiger partial charge is 0.317 e. The SMILES string of the molecule is O=CN1CCN(c2ccccc2)C1=S. The lowest BCUT2D eigenvalue weighted by Crippen LogP contribution is -2.30. The summed E-state index contributed by atoms with van der Waals surface area (Å²) in [6, 6.07) is 9.85. The molecule has 0 saturated carbocycles. The van der Waals surface area contributed by atoms with Gasteiger partial charge in [0.15, 0.2) is 5.11 Å². The van der Waals surface area contributed by atoms with Crippen LogP contribution in [0.1, 0.15) is 0 Å². The van der Waals surface area contributed by atoms with E-state index in [0.717, 1.165) is 18.6 Å². The van der Waals surface area contributed by atoms with E-state index in [0.29, 0.717) is 11.7 Å². The van der Waals surface area contributed by atoms with Gasteiger partial charge in [-0.25, -0.2) is 0 Å². The van der Waals surface area contributed by atoms with Gasteiger partial charge in [0.1, 0.15) is 0 Å². The summed E-state index contributed by atoms with van der Waals surface area (Å²) in [5, 5.41) is 0.589. The van der Waals surface area contributed by atoms with Crippen LogP contribution in [0.4, 0.5) is 5.69 Å². The molecule has 4 heteroatoms. The number of rotatable bonds is 2. The first kappa shape index (κ1) is 9.15. The second-order valence-corrected chi connectivity index (χ2v) is 3.43. The van der Waals surface area contributed by atoms with Gasteiger partial charge in [0.2, 0.25) is 6.41 Å². The number of thiocarbonyl (C=S) groups is 1. The van der Waals surface area contributed by atoms with Crippen molar-refractivity contribution in [1.82, 2.24) is 4.90 Å². The topological polar surface area (TPSA) is 23.6 Å². The van der Waals surface area contributed by atoms with Crippen LogP contribution in [0.25, 0.3) is 0 Å². The van der Waals surface area contributed by atoms with Crippen LogP contribution in [0, 0.1) is 0 Å². The summed E-state index contributed by atoms with van der Waals surface area (Å²) in [4.78, 5) is 14.1. The maximum absolute atomic E-state index is 10.6. The number of carbonyl (C=O) groups is 1. The summed E-state index contributed by atoms with van der Waals surface area (Å²) in [7, 11) is 0. The van der Waals surface area contributed by atoms with Gasteiger partial charge in [0, 0.05) is 18.8 Å². The molecule has 0 spiro atoms. The van der Waals surface area contributed by atoms with Gasteiger partial charge in [-0.1, -0.05) is 18.2 Å². The normalized spacial score (nSPS) is 16.1. The highest BCUT2D eigenvalue weighted by Crippen LogP contribution is 2.18. The molecular formula is C10H10N2OS. The molecule has 3 nitrogen and oxygen atoms in total. The zero-order valence-electron chi connectivity index (χ0n) is 7.59. The fraction of sp³-hybridized carbons (Fsp3) is 0.200. The Hall–Kier alpha value is -1.42. The van der Waals surface area contributed by atoms with E-state index < -0.39 is 0 Å². The van der Waals surface area contributed by atoms with Crippen molar-refractivity contribution in [1.29, 1.82) is 0 Å². The van der Waals surface area contributed by atoms with Crippen LogP contribution in [0.2, 0.25) is 0 Å². The summed E-state index contributed by atoms with van der Waals surface area (Å²) in [5.41, 5.74) is 1.04. The van der Waals surface area contributed by atoms with Crippen LogP contribution < -0.4 is 4.90 Å². The van der Waals surface area contributed by atoms with Gasteiger partial charge in [-0.15, -0.1) is 0 Å². The average molecular weight is 206 g/mol. The van der Waals surface area contributed by atoms with E-state index in [1.165, 1.54) is 0 Å². The van der Waals surface area contributed by atoms with Crippen molar-refractivity contribution in [3.05, 3.63) is 30.3 Å². The number of carbonyl (C=O) groups excluding carboxylic acids is 1. The third kappa shape index (κ3) is 1.48. The molecule has 0 bridgehead atoms. The molecular weight excluding hydrogens is 196 g/mol. The van der Waals surface area contributed by atoms with E-state index in [2.05, 4.69) is 0 Å². The van der Waals surface area contributed by atoms with Crippen LogP contribution in [0.3, 0.4) is 0 Å². The van der Waals surface area contributed by atoms with Crippen LogP contribution in [0.15, 0.2) is 30.3 Å². The van der Waals surface area contributed by atoms with E-state index in [4.69, 9.17) is 12.2 Å². The summed E-state index contributed by atoms with van der Waals surface area (Å²) >= 11 is 5.16. The smallest absolute Gasteiger partial charge is 0.215 e. The molecule has 1 aromatic carbocycles. The third-order valence-electron chi connectivity index (χ3n) is 2.24. The Balaban J connectivity index is 2.22. The molecule has 14 heavy (non-hydrogen) atoms. The summed E-state index contributed by atoms with van der Waals surface area (Å²) in [5.74, 6) is 0. The lowest BCUT2D eigenvalue weighted by atomic mass is 10.3. The zero-order chi connectivity index (χ0) is 9.97. The number of hydrogen-bond donors (Lipinski definition) is 0. The number of nitrogens with zero attached hydrogens (tertiary/aromatic N) is 2. The summed E-state index contributed by atoms with van der Waals surface area (Å²) in [6.07, 6.45) is 0.783. The van der Waals surface area contributed by atoms with Crippen molar-refractivity contribution >= 4 is 29.4 Å². The Morgan fingerprint density at radius 3 is 2.50 bits per heavy atom. The predicted octanol–water partition coefficient (Wildman–Crippen LogP) is 1.25. The van der Waals surface area contributed by atoms with E-state index >= 15 is 0 Å². The van der Waals surface area contributed by atoms with Crippen molar-refractivity contribution in [3.63, 3.8) is 0 Å². The molecule has 0 unspecified atom stereocenters. The van der Waals surface area contributed by atoms with Gasteiger partial charge in [-0.2, -0.15) is 0 Å². The molecule has 0 radical (unpaired) electrons. The second-order valence-electron chi connectivity index (χ2n) is 3.07. The van der Waals surface area contributed by atoms with E-state index in [9.17, 15) is 4.79 Å². The molecule has 1 aliphatic rings. The quantitative estimate of drug-likeness (QED) is 0.537. The third-order valence-corrected chi connectivity index (χ3v) is 2.69. The van der Waals surface area contributed by atoms with Gasteiger partial charge < -0.3 is 4.90 Å². The van der Waals surface area contributed by atoms with Crippen molar-refractivity contribution in [3.8, 4) is 0 Å². The number of hydrogen-bond acceptors (Lipinski definition) is 2. The fourth-order valence-corrected chi connectivity index (χ4v) is 1.83. The highest BCUT2D eigenvalue weighted by Gasteiger charge is 2.24.